The number of ether oxygens (including phenoxy) is 2. The summed E-state index contributed by atoms with van der Waals surface area (Å²) in [5, 5.41) is 3.46. The molecule has 2 rings (SSSR count). The van der Waals surface area contributed by atoms with Crippen molar-refractivity contribution in [2.75, 3.05) is 33.9 Å². The van der Waals surface area contributed by atoms with Crippen molar-refractivity contribution in [1.82, 2.24) is 10.2 Å². The van der Waals surface area contributed by atoms with Gasteiger partial charge in [-0.3, -0.25) is 4.79 Å². The highest BCUT2D eigenvalue weighted by molar-refractivity contribution is 5.95. The molecule has 5 nitrogen and oxygen atoms in total. The molecule has 0 aromatic heterocycles. The number of hydrogen-bond donors (Lipinski definition) is 1. The van der Waals surface area contributed by atoms with Gasteiger partial charge in [-0.25, -0.2) is 0 Å². The van der Waals surface area contributed by atoms with Crippen LogP contribution in [0.1, 0.15) is 30.6 Å². The number of hydrogen-bond acceptors (Lipinski definition) is 4. The quantitative estimate of drug-likeness (QED) is 0.924. The second kappa shape index (κ2) is 6.35. The van der Waals surface area contributed by atoms with Crippen molar-refractivity contribution in [3.63, 3.8) is 0 Å². The van der Waals surface area contributed by atoms with Crippen molar-refractivity contribution in [2.45, 2.75) is 25.8 Å². The Hall–Kier alpha value is -1.75. The maximum Gasteiger partial charge on any atom is 0.254 e. The molecule has 0 unspecified atom stereocenters. The minimum atomic E-state index is -0.0743. The van der Waals surface area contributed by atoms with Gasteiger partial charge in [-0.1, -0.05) is 0 Å². The lowest BCUT2D eigenvalue weighted by Crippen LogP contribution is -2.47. The van der Waals surface area contributed by atoms with E-state index in [9.17, 15) is 4.79 Å². The van der Waals surface area contributed by atoms with E-state index in [1.807, 2.05) is 4.90 Å². The van der Waals surface area contributed by atoms with E-state index in [0.717, 1.165) is 19.5 Å². The number of nitrogens with one attached hydrogen (secondary N) is 1. The van der Waals surface area contributed by atoms with Gasteiger partial charge in [0.2, 0.25) is 0 Å². The smallest absolute Gasteiger partial charge is 0.254 e. The number of rotatable bonds is 3. The highest BCUT2D eigenvalue weighted by Crippen LogP contribution is 2.24. The first kappa shape index (κ1) is 15.6. The molecule has 1 heterocycles. The molecule has 0 spiro atoms. The van der Waals surface area contributed by atoms with Crippen molar-refractivity contribution < 1.29 is 14.3 Å². The molecule has 1 amide bonds. The molecule has 0 saturated carbocycles. The number of carbonyl (C=O) groups excluding carboxylic acids is 1. The average molecular weight is 292 g/mol. The SMILES string of the molecule is COc1cc(OC)cc(C(=O)N2CCCNC(C)(C)C2)c1. The molecule has 1 aliphatic heterocycles. The van der Waals surface area contributed by atoms with E-state index in [4.69, 9.17) is 9.47 Å². The fraction of sp³-hybridized carbons (Fsp3) is 0.562. The topological polar surface area (TPSA) is 50.8 Å². The second-order valence-corrected chi connectivity index (χ2v) is 5.99. The molecular formula is C16H24N2O3. The van der Waals surface area contributed by atoms with E-state index in [-0.39, 0.29) is 11.4 Å². The average Bonchev–Trinajstić information content (AvgIpc) is 2.66. The fourth-order valence-electron chi connectivity index (χ4n) is 2.60. The molecular weight excluding hydrogens is 268 g/mol. The molecule has 0 radical (unpaired) electrons. The molecule has 1 fully saturated rings. The Morgan fingerprint density at radius 1 is 1.19 bits per heavy atom. The summed E-state index contributed by atoms with van der Waals surface area (Å²) in [4.78, 5) is 14.7. The molecule has 1 aromatic rings. The van der Waals surface area contributed by atoms with Crippen molar-refractivity contribution in [1.29, 1.82) is 0 Å². The summed E-state index contributed by atoms with van der Waals surface area (Å²) in [5.41, 5.74) is 0.527. The largest absolute Gasteiger partial charge is 0.497 e. The maximum absolute atomic E-state index is 12.8. The first-order valence-electron chi connectivity index (χ1n) is 7.22. The standard InChI is InChI=1S/C16H24N2O3/c1-16(2)11-18(7-5-6-17-16)15(19)12-8-13(20-3)10-14(9-12)21-4/h8-10,17H,5-7,11H2,1-4H3. The monoisotopic (exact) mass is 292 g/mol. The summed E-state index contributed by atoms with van der Waals surface area (Å²) in [7, 11) is 3.17. The van der Waals surface area contributed by atoms with Gasteiger partial charge in [0.25, 0.3) is 5.91 Å². The maximum atomic E-state index is 12.8. The van der Waals surface area contributed by atoms with Gasteiger partial charge >= 0.3 is 0 Å². The summed E-state index contributed by atoms with van der Waals surface area (Å²) in [6.45, 7) is 6.61. The number of amides is 1. The van der Waals surface area contributed by atoms with Crippen LogP contribution < -0.4 is 14.8 Å². The molecule has 1 saturated heterocycles. The van der Waals surface area contributed by atoms with E-state index in [1.165, 1.54) is 0 Å². The van der Waals surface area contributed by atoms with Crippen LogP contribution in [0.15, 0.2) is 18.2 Å². The van der Waals surface area contributed by atoms with Gasteiger partial charge in [0.1, 0.15) is 11.5 Å². The lowest BCUT2D eigenvalue weighted by atomic mass is 10.0. The molecule has 0 atom stereocenters. The van der Waals surface area contributed by atoms with Crippen LogP contribution in [0.2, 0.25) is 0 Å². The Morgan fingerprint density at radius 3 is 2.38 bits per heavy atom. The van der Waals surface area contributed by atoms with Crippen LogP contribution in [0.5, 0.6) is 11.5 Å². The minimum Gasteiger partial charge on any atom is -0.497 e. The molecule has 1 aliphatic rings. The predicted molar refractivity (Wildman–Crippen MR) is 82.1 cm³/mol. The Labute approximate surface area is 126 Å². The molecule has 5 heteroatoms. The molecule has 1 N–H and O–H groups in total. The lowest BCUT2D eigenvalue weighted by molar-refractivity contribution is 0.0732. The summed E-state index contributed by atoms with van der Waals surface area (Å²) in [5.74, 6) is 1.28. The van der Waals surface area contributed by atoms with Crippen LogP contribution in [0.4, 0.5) is 0 Å². The van der Waals surface area contributed by atoms with E-state index in [0.29, 0.717) is 23.6 Å². The summed E-state index contributed by atoms with van der Waals surface area (Å²) < 4.78 is 10.5. The summed E-state index contributed by atoms with van der Waals surface area (Å²) in [6.07, 6.45) is 0.955. The van der Waals surface area contributed by atoms with Crippen LogP contribution >= 0.6 is 0 Å². The van der Waals surface area contributed by atoms with Gasteiger partial charge in [0.15, 0.2) is 0 Å². The van der Waals surface area contributed by atoms with E-state index >= 15 is 0 Å². The van der Waals surface area contributed by atoms with E-state index in [1.54, 1.807) is 32.4 Å². The Morgan fingerprint density at radius 2 is 1.81 bits per heavy atom. The van der Waals surface area contributed by atoms with Crippen LogP contribution in [-0.2, 0) is 0 Å². The zero-order chi connectivity index (χ0) is 15.5. The Kier molecular flexibility index (Phi) is 4.73. The first-order valence-corrected chi connectivity index (χ1v) is 7.22. The van der Waals surface area contributed by atoms with Crippen LogP contribution in [0, 0.1) is 0 Å². The highest BCUT2D eigenvalue weighted by Gasteiger charge is 2.27. The molecule has 116 valence electrons. The van der Waals surface area contributed by atoms with Crippen molar-refractivity contribution >= 4 is 5.91 Å². The number of methoxy groups -OCH3 is 2. The predicted octanol–water partition coefficient (Wildman–Crippen LogP) is 1.92. The Balaban J connectivity index is 2.26. The van der Waals surface area contributed by atoms with Crippen LogP contribution in [0.3, 0.4) is 0 Å². The minimum absolute atomic E-state index is 0.0176. The molecule has 21 heavy (non-hydrogen) atoms. The van der Waals surface area contributed by atoms with E-state index < -0.39 is 0 Å². The zero-order valence-corrected chi connectivity index (χ0v) is 13.2. The first-order chi connectivity index (χ1) is 9.95. The van der Waals surface area contributed by atoms with Crippen molar-refractivity contribution in [3.05, 3.63) is 23.8 Å². The zero-order valence-electron chi connectivity index (χ0n) is 13.2. The van der Waals surface area contributed by atoms with Crippen molar-refractivity contribution in [3.8, 4) is 11.5 Å². The summed E-state index contributed by atoms with van der Waals surface area (Å²) >= 11 is 0. The normalized spacial score (nSPS) is 18.0. The third-order valence-corrected chi connectivity index (χ3v) is 3.68. The number of benzene rings is 1. The van der Waals surface area contributed by atoms with Gasteiger partial charge in [0, 0.05) is 30.3 Å². The van der Waals surface area contributed by atoms with Gasteiger partial charge < -0.3 is 19.7 Å². The second-order valence-electron chi connectivity index (χ2n) is 5.99. The lowest BCUT2D eigenvalue weighted by Gasteiger charge is -2.30. The molecule has 1 aromatic carbocycles. The third kappa shape index (κ3) is 3.88. The highest BCUT2D eigenvalue weighted by atomic mass is 16.5. The van der Waals surface area contributed by atoms with Gasteiger partial charge in [-0.2, -0.15) is 0 Å². The van der Waals surface area contributed by atoms with Crippen LogP contribution in [-0.4, -0.2) is 50.2 Å². The fourth-order valence-corrected chi connectivity index (χ4v) is 2.60. The number of nitrogens with zero attached hydrogens (tertiary/aromatic N) is 1. The number of carbonyl (C=O) groups is 1. The Bertz CT molecular complexity index is 492. The third-order valence-electron chi connectivity index (χ3n) is 3.68. The van der Waals surface area contributed by atoms with Crippen LogP contribution in [0.25, 0.3) is 0 Å². The van der Waals surface area contributed by atoms with Gasteiger partial charge in [-0.05, 0) is 38.9 Å². The van der Waals surface area contributed by atoms with Gasteiger partial charge in [0.05, 0.1) is 14.2 Å². The summed E-state index contributed by atoms with van der Waals surface area (Å²) in [6, 6.07) is 5.29. The van der Waals surface area contributed by atoms with Crippen molar-refractivity contribution in [2.24, 2.45) is 0 Å². The molecule has 0 aliphatic carbocycles. The van der Waals surface area contributed by atoms with E-state index in [2.05, 4.69) is 19.2 Å². The van der Waals surface area contributed by atoms with Gasteiger partial charge in [-0.15, -0.1) is 0 Å². The molecule has 0 bridgehead atoms.